The molecule has 130 valence electrons. The smallest absolute Gasteiger partial charge is 0.237 e. The topological polar surface area (TPSA) is 54.0 Å². The zero-order chi connectivity index (χ0) is 17.7. The van der Waals surface area contributed by atoms with Crippen LogP contribution in [0.5, 0.6) is 0 Å². The normalized spacial score (nSPS) is 13.8. The maximum Gasteiger partial charge on any atom is 0.237 e. The molecule has 6 heteroatoms. The van der Waals surface area contributed by atoms with Crippen LogP contribution in [0, 0.1) is 0 Å². The van der Waals surface area contributed by atoms with Crippen LogP contribution in [0.1, 0.15) is 55.9 Å². The number of aromatic nitrogens is 1. The van der Waals surface area contributed by atoms with E-state index in [2.05, 4.69) is 34.8 Å². The minimum Gasteiger partial charge on any atom is -0.351 e. The summed E-state index contributed by atoms with van der Waals surface area (Å²) in [4.78, 5) is 16.9. The summed E-state index contributed by atoms with van der Waals surface area (Å²) in [6.45, 7) is 8.65. The van der Waals surface area contributed by atoms with Gasteiger partial charge in [0, 0.05) is 28.9 Å². The van der Waals surface area contributed by atoms with E-state index in [1.807, 2.05) is 38.1 Å². The second-order valence-electron chi connectivity index (χ2n) is 6.22. The first-order valence-corrected chi connectivity index (χ1v) is 9.36. The first-order chi connectivity index (χ1) is 11.4. The molecule has 0 aliphatic carbocycles. The third-order valence-electron chi connectivity index (χ3n) is 3.75. The first-order valence-electron chi connectivity index (χ1n) is 8.10. The number of benzene rings is 1. The molecule has 0 radical (unpaired) electrons. The lowest BCUT2D eigenvalue weighted by atomic mass is 10.2. The molecule has 0 aliphatic rings. The Bertz CT molecular complexity index is 669. The van der Waals surface area contributed by atoms with Crippen molar-refractivity contribution in [3.05, 3.63) is 50.9 Å². The Kier molecular flexibility index (Phi) is 6.78. The Morgan fingerprint density at radius 1 is 1.21 bits per heavy atom. The summed E-state index contributed by atoms with van der Waals surface area (Å²) in [7, 11) is 0. The second kappa shape index (κ2) is 8.60. The third-order valence-corrected chi connectivity index (χ3v) is 5.17. The Balaban J connectivity index is 1.84. The molecule has 1 aromatic heterocycles. The summed E-state index contributed by atoms with van der Waals surface area (Å²) in [5.41, 5.74) is 2.01. The molecule has 24 heavy (non-hydrogen) atoms. The van der Waals surface area contributed by atoms with E-state index in [9.17, 15) is 4.79 Å². The number of amides is 1. The SMILES string of the molecule is CC(C)c1nc([C@@H](C)N[C@@H](C)C(=O)NCc2ccc(Cl)cc2)cs1. The van der Waals surface area contributed by atoms with Gasteiger partial charge in [0.25, 0.3) is 0 Å². The molecular formula is C18H24ClN3OS. The fourth-order valence-corrected chi connectivity index (χ4v) is 3.30. The summed E-state index contributed by atoms with van der Waals surface area (Å²) in [5, 5.41) is 10.1. The van der Waals surface area contributed by atoms with E-state index < -0.39 is 0 Å². The highest BCUT2D eigenvalue weighted by Crippen LogP contribution is 2.22. The van der Waals surface area contributed by atoms with E-state index in [1.54, 1.807) is 11.3 Å². The van der Waals surface area contributed by atoms with Gasteiger partial charge in [-0.05, 0) is 31.5 Å². The van der Waals surface area contributed by atoms with E-state index in [0.29, 0.717) is 17.5 Å². The van der Waals surface area contributed by atoms with E-state index in [0.717, 1.165) is 16.3 Å². The highest BCUT2D eigenvalue weighted by atomic mass is 35.5. The fourth-order valence-electron chi connectivity index (χ4n) is 2.25. The molecule has 0 spiro atoms. The first kappa shape index (κ1) is 18.9. The standard InChI is InChI=1S/C18H24ClN3OS/c1-11(2)18-22-16(10-24-18)12(3)21-13(4)17(23)20-9-14-5-7-15(19)8-6-14/h5-8,10-13,21H,9H2,1-4H3,(H,20,23)/t12-,13+/m1/s1. The fraction of sp³-hybridized carbons (Fsp3) is 0.444. The molecule has 0 fully saturated rings. The molecule has 1 amide bonds. The zero-order valence-electron chi connectivity index (χ0n) is 14.5. The lowest BCUT2D eigenvalue weighted by Gasteiger charge is -2.18. The number of hydrogen-bond acceptors (Lipinski definition) is 4. The number of nitrogens with one attached hydrogen (secondary N) is 2. The van der Waals surface area contributed by atoms with Crippen molar-refractivity contribution in [2.24, 2.45) is 0 Å². The van der Waals surface area contributed by atoms with Gasteiger partial charge in [0.05, 0.1) is 16.7 Å². The maximum absolute atomic E-state index is 12.2. The summed E-state index contributed by atoms with van der Waals surface area (Å²) >= 11 is 7.53. The predicted molar refractivity (Wildman–Crippen MR) is 101 cm³/mol. The third kappa shape index (κ3) is 5.30. The molecule has 0 saturated carbocycles. The van der Waals surface area contributed by atoms with Crippen molar-refractivity contribution < 1.29 is 4.79 Å². The number of rotatable bonds is 7. The summed E-state index contributed by atoms with van der Waals surface area (Å²) < 4.78 is 0. The molecule has 2 atom stereocenters. The summed E-state index contributed by atoms with van der Waals surface area (Å²) in [5.74, 6) is 0.396. The molecule has 0 bridgehead atoms. The minimum atomic E-state index is -0.295. The van der Waals surface area contributed by atoms with Gasteiger partial charge in [0.1, 0.15) is 0 Å². The van der Waals surface area contributed by atoms with Crippen LogP contribution in [0.2, 0.25) is 5.02 Å². The van der Waals surface area contributed by atoms with E-state index in [1.165, 1.54) is 0 Å². The van der Waals surface area contributed by atoms with Gasteiger partial charge < -0.3 is 5.32 Å². The van der Waals surface area contributed by atoms with Gasteiger partial charge >= 0.3 is 0 Å². The van der Waals surface area contributed by atoms with Gasteiger partial charge in [-0.25, -0.2) is 4.98 Å². The van der Waals surface area contributed by atoms with Crippen LogP contribution in [0.15, 0.2) is 29.6 Å². The van der Waals surface area contributed by atoms with Crippen molar-refractivity contribution in [2.75, 3.05) is 0 Å². The Morgan fingerprint density at radius 2 is 1.88 bits per heavy atom. The Morgan fingerprint density at radius 3 is 2.46 bits per heavy atom. The second-order valence-corrected chi connectivity index (χ2v) is 7.55. The van der Waals surface area contributed by atoms with Crippen molar-refractivity contribution in [2.45, 2.75) is 52.2 Å². The van der Waals surface area contributed by atoms with Gasteiger partial charge in [-0.15, -0.1) is 11.3 Å². The minimum absolute atomic E-state index is 0.0314. The highest BCUT2D eigenvalue weighted by molar-refractivity contribution is 7.09. The molecular weight excluding hydrogens is 342 g/mol. The van der Waals surface area contributed by atoms with Crippen LogP contribution in [-0.4, -0.2) is 16.9 Å². The molecule has 0 unspecified atom stereocenters. The Hall–Kier alpha value is -1.43. The van der Waals surface area contributed by atoms with Crippen LogP contribution in [0.3, 0.4) is 0 Å². The summed E-state index contributed by atoms with van der Waals surface area (Å²) in [6, 6.07) is 7.20. The largest absolute Gasteiger partial charge is 0.351 e. The molecule has 0 aliphatic heterocycles. The van der Waals surface area contributed by atoms with Crippen molar-refractivity contribution in [3.8, 4) is 0 Å². The van der Waals surface area contributed by atoms with Crippen LogP contribution < -0.4 is 10.6 Å². The van der Waals surface area contributed by atoms with Crippen LogP contribution >= 0.6 is 22.9 Å². The number of halogens is 1. The van der Waals surface area contributed by atoms with Crippen LogP contribution in [0.25, 0.3) is 0 Å². The molecule has 1 aromatic carbocycles. The predicted octanol–water partition coefficient (Wildman–Crippen LogP) is 4.28. The van der Waals surface area contributed by atoms with Gasteiger partial charge in [-0.1, -0.05) is 37.6 Å². The van der Waals surface area contributed by atoms with Crippen molar-refractivity contribution >= 4 is 28.8 Å². The van der Waals surface area contributed by atoms with E-state index >= 15 is 0 Å². The van der Waals surface area contributed by atoms with Crippen LogP contribution in [-0.2, 0) is 11.3 Å². The molecule has 0 saturated heterocycles. The molecule has 1 heterocycles. The monoisotopic (exact) mass is 365 g/mol. The van der Waals surface area contributed by atoms with Crippen molar-refractivity contribution in [3.63, 3.8) is 0 Å². The van der Waals surface area contributed by atoms with Gasteiger partial charge in [0.2, 0.25) is 5.91 Å². The number of thiazole rings is 1. The van der Waals surface area contributed by atoms with Gasteiger partial charge in [0.15, 0.2) is 0 Å². The average Bonchev–Trinajstić information content (AvgIpc) is 3.04. The van der Waals surface area contributed by atoms with Crippen molar-refractivity contribution in [1.82, 2.24) is 15.6 Å². The highest BCUT2D eigenvalue weighted by Gasteiger charge is 2.18. The van der Waals surface area contributed by atoms with Gasteiger partial charge in [-0.3, -0.25) is 10.1 Å². The van der Waals surface area contributed by atoms with Crippen molar-refractivity contribution in [1.29, 1.82) is 0 Å². The average molecular weight is 366 g/mol. The molecule has 2 aromatic rings. The van der Waals surface area contributed by atoms with Gasteiger partial charge in [-0.2, -0.15) is 0 Å². The zero-order valence-corrected chi connectivity index (χ0v) is 16.0. The molecule has 4 nitrogen and oxygen atoms in total. The number of nitrogens with zero attached hydrogens (tertiary/aromatic N) is 1. The van der Waals surface area contributed by atoms with E-state index in [-0.39, 0.29) is 18.0 Å². The molecule has 2 rings (SSSR count). The van der Waals surface area contributed by atoms with Crippen LogP contribution in [0.4, 0.5) is 0 Å². The number of carbonyl (C=O) groups excluding carboxylic acids is 1. The summed E-state index contributed by atoms with van der Waals surface area (Å²) in [6.07, 6.45) is 0. The number of carbonyl (C=O) groups is 1. The molecule has 2 N–H and O–H groups in total. The Labute approximate surface area is 152 Å². The van der Waals surface area contributed by atoms with E-state index in [4.69, 9.17) is 11.6 Å². The number of hydrogen-bond donors (Lipinski definition) is 2. The quantitative estimate of drug-likeness (QED) is 0.770. The lowest BCUT2D eigenvalue weighted by molar-refractivity contribution is -0.123. The maximum atomic E-state index is 12.2. The lowest BCUT2D eigenvalue weighted by Crippen LogP contribution is -2.42.